The van der Waals surface area contributed by atoms with Crippen LogP contribution in [0.25, 0.3) is 16.3 Å². The van der Waals surface area contributed by atoms with E-state index < -0.39 is 5.97 Å². The number of hydrogen-bond acceptors (Lipinski definition) is 5. The van der Waals surface area contributed by atoms with Crippen molar-refractivity contribution in [2.24, 2.45) is 0 Å². The molecule has 3 aromatic heterocycles. The molecule has 0 saturated heterocycles. The lowest BCUT2D eigenvalue weighted by Gasteiger charge is -2.07. The predicted molar refractivity (Wildman–Crippen MR) is 131 cm³/mol. The van der Waals surface area contributed by atoms with Crippen molar-refractivity contribution in [3.05, 3.63) is 113 Å². The first-order valence-electron chi connectivity index (χ1n) is 11.2. The molecular weight excluding hydrogens is 444 g/mol. The molecule has 174 valence electrons. The molecule has 3 heterocycles. The molecule has 5 rings (SSSR count). The summed E-state index contributed by atoms with van der Waals surface area (Å²) in [6.07, 6.45) is 3.15. The molecule has 0 saturated carbocycles. The van der Waals surface area contributed by atoms with Crippen LogP contribution in [-0.4, -0.2) is 28.7 Å². The lowest BCUT2D eigenvalue weighted by atomic mass is 10.0. The fraction of sp³-hybridized carbons (Fsp3) is 0.107. The molecule has 7 nitrogen and oxygen atoms in total. The van der Waals surface area contributed by atoms with E-state index in [0.29, 0.717) is 28.1 Å². The quantitative estimate of drug-likeness (QED) is 0.269. The first-order valence-corrected chi connectivity index (χ1v) is 11.2. The summed E-state index contributed by atoms with van der Waals surface area (Å²) in [5.41, 5.74) is 1.78. The monoisotopic (exact) mass is 466 g/mol. The summed E-state index contributed by atoms with van der Waals surface area (Å²) in [7, 11) is 0. The number of fused-ring (bicyclic) bond motifs is 2. The highest BCUT2D eigenvalue weighted by atomic mass is 16.5. The van der Waals surface area contributed by atoms with Gasteiger partial charge in [0.1, 0.15) is 5.76 Å². The van der Waals surface area contributed by atoms with Crippen LogP contribution in [0.4, 0.5) is 0 Å². The summed E-state index contributed by atoms with van der Waals surface area (Å²) in [6, 6.07) is 21.5. The van der Waals surface area contributed by atoms with Gasteiger partial charge in [0.05, 0.1) is 36.2 Å². The van der Waals surface area contributed by atoms with Gasteiger partial charge < -0.3 is 18.9 Å². The Labute approximate surface area is 200 Å². The third-order valence-corrected chi connectivity index (χ3v) is 5.78. The van der Waals surface area contributed by atoms with Crippen molar-refractivity contribution in [3.63, 3.8) is 0 Å². The molecule has 1 amide bonds. The highest BCUT2D eigenvalue weighted by Gasteiger charge is 2.23. The summed E-state index contributed by atoms with van der Waals surface area (Å²) in [5, 5.41) is 4.76. The van der Waals surface area contributed by atoms with Crippen molar-refractivity contribution < 1.29 is 23.5 Å². The number of ether oxygens (including phenoxy) is 1. The smallest absolute Gasteiger partial charge is 0.340 e. The Morgan fingerprint density at radius 2 is 1.74 bits per heavy atom. The van der Waals surface area contributed by atoms with Crippen LogP contribution in [0.1, 0.15) is 49.5 Å². The molecule has 0 bridgehead atoms. The Morgan fingerprint density at radius 1 is 0.914 bits per heavy atom. The Bertz CT molecular complexity index is 1560. The van der Waals surface area contributed by atoms with E-state index in [0.717, 1.165) is 10.8 Å². The lowest BCUT2D eigenvalue weighted by Crippen LogP contribution is -2.22. The molecule has 0 spiro atoms. The first kappa shape index (κ1) is 22.2. The minimum atomic E-state index is -0.560. The summed E-state index contributed by atoms with van der Waals surface area (Å²) < 4.78 is 12.1. The standard InChI is InChI=1S/C28H22N2O5/c1-2-34-28(33)23-16-25(26(31)20-10-9-18-6-3-4-7-19(18)14-20)30-12-11-21(15-24(23)30)27(32)29-17-22-8-5-13-35-22/h3-16H,2,17H2,1H3,(H,29,32). The molecule has 7 heteroatoms. The zero-order valence-electron chi connectivity index (χ0n) is 19.0. The third kappa shape index (κ3) is 4.31. The van der Waals surface area contributed by atoms with E-state index in [2.05, 4.69) is 5.32 Å². The fourth-order valence-electron chi connectivity index (χ4n) is 4.05. The SMILES string of the molecule is CCOC(=O)c1cc(C(=O)c2ccc3ccccc3c2)n2ccc(C(=O)NCc3ccco3)cc12. The molecule has 35 heavy (non-hydrogen) atoms. The Morgan fingerprint density at radius 3 is 2.51 bits per heavy atom. The van der Waals surface area contributed by atoms with Gasteiger partial charge in [0.2, 0.25) is 5.78 Å². The van der Waals surface area contributed by atoms with Crippen LogP contribution >= 0.6 is 0 Å². The van der Waals surface area contributed by atoms with Crippen molar-refractivity contribution in [3.8, 4) is 0 Å². The molecule has 0 unspecified atom stereocenters. The number of pyridine rings is 1. The normalized spacial score (nSPS) is 11.0. The molecular formula is C28H22N2O5. The molecule has 0 aliphatic rings. The number of aromatic nitrogens is 1. The number of nitrogens with one attached hydrogen (secondary N) is 1. The van der Waals surface area contributed by atoms with E-state index in [4.69, 9.17) is 9.15 Å². The molecule has 5 aromatic rings. The van der Waals surface area contributed by atoms with Gasteiger partial charge in [-0.2, -0.15) is 0 Å². The van der Waals surface area contributed by atoms with E-state index in [1.807, 2.05) is 36.4 Å². The largest absolute Gasteiger partial charge is 0.467 e. The summed E-state index contributed by atoms with van der Waals surface area (Å²) in [5.74, 6) is -0.507. The summed E-state index contributed by atoms with van der Waals surface area (Å²) in [6.45, 7) is 2.13. The number of esters is 1. The zero-order valence-corrected chi connectivity index (χ0v) is 19.0. The summed E-state index contributed by atoms with van der Waals surface area (Å²) >= 11 is 0. The van der Waals surface area contributed by atoms with Crippen molar-refractivity contribution >= 4 is 33.9 Å². The van der Waals surface area contributed by atoms with Crippen LogP contribution in [-0.2, 0) is 11.3 Å². The second kappa shape index (κ2) is 9.30. The number of carbonyl (C=O) groups excluding carboxylic acids is 3. The number of hydrogen-bond donors (Lipinski definition) is 1. The van der Waals surface area contributed by atoms with E-state index in [1.165, 1.54) is 12.3 Å². The number of benzene rings is 2. The number of nitrogens with zero attached hydrogens (tertiary/aromatic N) is 1. The van der Waals surface area contributed by atoms with Gasteiger partial charge in [0.25, 0.3) is 5.91 Å². The maximum Gasteiger partial charge on any atom is 0.340 e. The van der Waals surface area contributed by atoms with Crippen LogP contribution in [0.15, 0.2) is 89.7 Å². The Kier molecular flexibility index (Phi) is 5.89. The maximum absolute atomic E-state index is 13.5. The molecule has 0 fully saturated rings. The molecule has 1 N–H and O–H groups in total. The Balaban J connectivity index is 1.53. The number of amides is 1. The van der Waals surface area contributed by atoms with Gasteiger partial charge >= 0.3 is 5.97 Å². The molecule has 0 aliphatic heterocycles. The van der Waals surface area contributed by atoms with Crippen molar-refractivity contribution in [1.29, 1.82) is 0 Å². The van der Waals surface area contributed by atoms with Crippen molar-refractivity contribution in [1.82, 2.24) is 9.72 Å². The second-order valence-electron chi connectivity index (χ2n) is 7.99. The molecule has 0 atom stereocenters. The van der Waals surface area contributed by atoms with E-state index in [-0.39, 0.29) is 30.4 Å². The maximum atomic E-state index is 13.5. The predicted octanol–water partition coefficient (Wildman–Crippen LogP) is 5.02. The number of rotatable bonds is 7. The van der Waals surface area contributed by atoms with Crippen molar-refractivity contribution in [2.45, 2.75) is 13.5 Å². The van der Waals surface area contributed by atoms with Crippen LogP contribution < -0.4 is 5.32 Å². The molecule has 2 aromatic carbocycles. The highest BCUT2D eigenvalue weighted by molar-refractivity contribution is 6.13. The number of ketones is 1. The average molecular weight is 466 g/mol. The van der Waals surface area contributed by atoms with E-state index >= 15 is 0 Å². The van der Waals surface area contributed by atoms with Gasteiger partial charge in [0, 0.05) is 17.3 Å². The minimum absolute atomic E-state index is 0.188. The topological polar surface area (TPSA) is 90.0 Å². The first-order chi connectivity index (χ1) is 17.0. The van der Waals surface area contributed by atoms with Crippen LogP contribution in [0.5, 0.6) is 0 Å². The van der Waals surface area contributed by atoms with Crippen LogP contribution in [0.3, 0.4) is 0 Å². The van der Waals surface area contributed by atoms with Gasteiger partial charge in [-0.25, -0.2) is 4.79 Å². The van der Waals surface area contributed by atoms with Gasteiger partial charge in [-0.05, 0) is 54.1 Å². The van der Waals surface area contributed by atoms with Gasteiger partial charge in [-0.1, -0.05) is 36.4 Å². The summed E-state index contributed by atoms with van der Waals surface area (Å²) in [4.78, 5) is 38.9. The van der Waals surface area contributed by atoms with E-state index in [9.17, 15) is 14.4 Å². The molecule has 0 aliphatic carbocycles. The number of furan rings is 1. The Hall–Kier alpha value is -4.65. The molecule has 0 radical (unpaired) electrons. The third-order valence-electron chi connectivity index (χ3n) is 5.78. The van der Waals surface area contributed by atoms with E-state index in [1.54, 1.807) is 47.9 Å². The average Bonchev–Trinajstić information content (AvgIpc) is 3.54. The fourth-order valence-corrected chi connectivity index (χ4v) is 4.05. The number of carbonyl (C=O) groups is 3. The minimum Gasteiger partial charge on any atom is -0.467 e. The van der Waals surface area contributed by atoms with Crippen LogP contribution in [0, 0.1) is 0 Å². The lowest BCUT2D eigenvalue weighted by molar-refractivity contribution is 0.0528. The zero-order chi connectivity index (χ0) is 24.4. The second-order valence-corrected chi connectivity index (χ2v) is 7.99. The van der Waals surface area contributed by atoms with Gasteiger partial charge in [0.15, 0.2) is 0 Å². The highest BCUT2D eigenvalue weighted by Crippen LogP contribution is 2.24. The van der Waals surface area contributed by atoms with Crippen LogP contribution in [0.2, 0.25) is 0 Å². The van der Waals surface area contributed by atoms with Gasteiger partial charge in [-0.3, -0.25) is 9.59 Å². The van der Waals surface area contributed by atoms with Gasteiger partial charge in [-0.15, -0.1) is 0 Å². The van der Waals surface area contributed by atoms with Crippen molar-refractivity contribution in [2.75, 3.05) is 6.61 Å².